The zero-order valence-electron chi connectivity index (χ0n) is 19.2. The largest absolute Gasteiger partial charge is 0.506 e. The van der Waals surface area contributed by atoms with Crippen LogP contribution in [0.2, 0.25) is 0 Å². The van der Waals surface area contributed by atoms with E-state index in [1.165, 1.54) is 7.11 Å². The molecule has 8 nitrogen and oxygen atoms in total. The maximum Gasteiger partial charge on any atom is 0.346 e. The fourth-order valence-corrected chi connectivity index (χ4v) is 5.39. The van der Waals surface area contributed by atoms with Crippen molar-refractivity contribution in [2.24, 2.45) is 0 Å². The van der Waals surface area contributed by atoms with Crippen molar-refractivity contribution in [3.05, 3.63) is 81.8 Å². The molecule has 3 heterocycles. The molecule has 5 rings (SSSR count). The number of rotatable bonds is 8. The maximum absolute atomic E-state index is 13.6. The highest BCUT2D eigenvalue weighted by atomic mass is 32.1. The molecule has 0 unspecified atom stereocenters. The van der Waals surface area contributed by atoms with E-state index in [1.54, 1.807) is 42.7 Å². The van der Waals surface area contributed by atoms with Crippen molar-refractivity contribution in [2.75, 3.05) is 13.7 Å². The van der Waals surface area contributed by atoms with Gasteiger partial charge in [0.1, 0.15) is 21.3 Å². The number of ether oxygens (including phenoxy) is 1. The van der Waals surface area contributed by atoms with Gasteiger partial charge in [0.05, 0.1) is 19.3 Å². The van der Waals surface area contributed by atoms with E-state index in [2.05, 4.69) is 9.97 Å². The number of carbonyl (C=O) groups is 2. The number of aliphatic hydroxyl groups excluding tert-OH is 1. The van der Waals surface area contributed by atoms with E-state index in [0.29, 0.717) is 34.1 Å². The van der Waals surface area contributed by atoms with Crippen molar-refractivity contribution in [1.82, 2.24) is 9.97 Å². The molecular weight excluding hydrogens is 480 g/mol. The smallest absolute Gasteiger partial charge is 0.346 e. The number of H-pyrrole nitrogens is 2. The molecule has 0 radical (unpaired) electrons. The zero-order chi connectivity index (χ0) is 25.4. The molecule has 2 aromatic carbocycles. The Bertz CT molecular complexity index is 1660. The number of hydrogen-bond donors (Lipinski definition) is 5. The number of hydrogen-bond acceptors (Lipinski definition) is 6. The van der Waals surface area contributed by atoms with Gasteiger partial charge in [-0.05, 0) is 30.2 Å². The number of para-hydroxylation sites is 1. The Labute approximate surface area is 209 Å². The number of aliphatic hydroxyl groups is 1. The highest BCUT2D eigenvalue weighted by Crippen LogP contribution is 2.46. The van der Waals surface area contributed by atoms with E-state index in [-0.39, 0.29) is 27.7 Å². The van der Waals surface area contributed by atoms with E-state index in [4.69, 9.17) is 9.84 Å². The number of ketones is 1. The van der Waals surface area contributed by atoms with Crippen molar-refractivity contribution in [2.45, 2.75) is 6.42 Å². The van der Waals surface area contributed by atoms with Crippen LogP contribution in [0.4, 0.5) is 0 Å². The Hall–Kier alpha value is -4.34. The molecule has 0 fully saturated rings. The highest BCUT2D eigenvalue weighted by molar-refractivity contribution is 7.17. The molecule has 9 heteroatoms. The normalized spacial score (nSPS) is 11.6. The highest BCUT2D eigenvalue weighted by Gasteiger charge is 2.30. The molecule has 0 aliphatic rings. The standard InChI is InChI=1S/C27H22N2O6S/c1-35-15-8-9-20-17(11-15)18(12-28-20)21-24(32)26(36-25(21)27(33)34)23(31)19-13-29-22-14(5-2-3-10-30)6-4-7-16(19)22/h2-4,6-9,11-13,28-30,32H,5,10H2,1H3,(H,33,34). The van der Waals surface area contributed by atoms with Gasteiger partial charge in [0.15, 0.2) is 0 Å². The second-order valence-corrected chi connectivity index (χ2v) is 9.15. The number of aromatic amines is 2. The zero-order valence-corrected chi connectivity index (χ0v) is 20.0. The predicted molar refractivity (Wildman–Crippen MR) is 138 cm³/mol. The molecule has 0 aliphatic carbocycles. The van der Waals surface area contributed by atoms with Gasteiger partial charge in [0.2, 0.25) is 5.78 Å². The van der Waals surface area contributed by atoms with Crippen LogP contribution in [0, 0.1) is 0 Å². The summed E-state index contributed by atoms with van der Waals surface area (Å²) in [5.41, 5.74) is 3.32. The molecule has 36 heavy (non-hydrogen) atoms. The first kappa shape index (κ1) is 23.4. The first-order valence-electron chi connectivity index (χ1n) is 11.1. The Balaban J connectivity index is 1.63. The van der Waals surface area contributed by atoms with E-state index in [0.717, 1.165) is 27.9 Å². The number of methoxy groups -OCH3 is 1. The van der Waals surface area contributed by atoms with Gasteiger partial charge >= 0.3 is 5.97 Å². The number of benzene rings is 2. The third-order valence-corrected chi connectivity index (χ3v) is 7.26. The maximum atomic E-state index is 13.6. The minimum absolute atomic E-state index is 0.0499. The quantitative estimate of drug-likeness (QED) is 0.148. The van der Waals surface area contributed by atoms with E-state index >= 15 is 0 Å². The van der Waals surface area contributed by atoms with Gasteiger partial charge in [-0.25, -0.2) is 4.79 Å². The third kappa shape index (κ3) is 3.84. The first-order valence-corrected chi connectivity index (χ1v) is 11.9. The summed E-state index contributed by atoms with van der Waals surface area (Å²) in [4.78, 5) is 31.8. The number of carboxylic acids is 1. The molecule has 0 saturated heterocycles. The lowest BCUT2D eigenvalue weighted by Crippen LogP contribution is -1.98. The van der Waals surface area contributed by atoms with Gasteiger partial charge in [-0.3, -0.25) is 4.79 Å². The number of fused-ring (bicyclic) bond motifs is 2. The average Bonchev–Trinajstić information content (AvgIpc) is 3.58. The lowest BCUT2D eigenvalue weighted by Gasteiger charge is -2.04. The van der Waals surface area contributed by atoms with Gasteiger partial charge in [-0.15, -0.1) is 11.3 Å². The summed E-state index contributed by atoms with van der Waals surface area (Å²) in [6, 6.07) is 10.9. The van der Waals surface area contributed by atoms with Crippen molar-refractivity contribution in [1.29, 1.82) is 0 Å². The number of aromatic hydroxyl groups is 1. The Morgan fingerprint density at radius 2 is 1.89 bits per heavy atom. The predicted octanol–water partition coefficient (Wildman–Crippen LogP) is 5.11. The topological polar surface area (TPSA) is 136 Å². The minimum Gasteiger partial charge on any atom is -0.506 e. The van der Waals surface area contributed by atoms with Gasteiger partial charge in [-0.1, -0.05) is 30.4 Å². The fraction of sp³-hybridized carbons (Fsp3) is 0.111. The van der Waals surface area contributed by atoms with Gasteiger partial charge in [0, 0.05) is 45.3 Å². The van der Waals surface area contributed by atoms with Crippen LogP contribution < -0.4 is 4.74 Å². The van der Waals surface area contributed by atoms with E-state index < -0.39 is 11.8 Å². The number of nitrogens with one attached hydrogen (secondary N) is 2. The summed E-state index contributed by atoms with van der Waals surface area (Å²) in [6.07, 6.45) is 7.23. The first-order chi connectivity index (χ1) is 17.4. The van der Waals surface area contributed by atoms with Crippen LogP contribution in [-0.4, -0.2) is 50.8 Å². The summed E-state index contributed by atoms with van der Waals surface area (Å²) in [6.45, 7) is -0.0560. The summed E-state index contributed by atoms with van der Waals surface area (Å²) in [5, 5.41) is 31.4. The van der Waals surface area contributed by atoms with Crippen molar-refractivity contribution >= 4 is 44.9 Å². The number of aromatic nitrogens is 2. The van der Waals surface area contributed by atoms with Crippen LogP contribution in [0.25, 0.3) is 32.9 Å². The second-order valence-electron chi connectivity index (χ2n) is 8.13. The van der Waals surface area contributed by atoms with Crippen molar-refractivity contribution < 1.29 is 29.6 Å². The van der Waals surface area contributed by atoms with Crippen LogP contribution >= 0.6 is 11.3 Å². The number of thiophene rings is 1. The number of aromatic carboxylic acids is 1. The summed E-state index contributed by atoms with van der Waals surface area (Å²) < 4.78 is 5.30. The lowest BCUT2D eigenvalue weighted by atomic mass is 10.0. The van der Waals surface area contributed by atoms with Crippen LogP contribution in [0.15, 0.2) is 60.9 Å². The molecule has 3 aromatic heterocycles. The van der Waals surface area contributed by atoms with Crippen LogP contribution in [0.1, 0.15) is 30.5 Å². The summed E-state index contributed by atoms with van der Waals surface area (Å²) >= 11 is 0.750. The van der Waals surface area contributed by atoms with Crippen LogP contribution in [-0.2, 0) is 6.42 Å². The van der Waals surface area contributed by atoms with Crippen LogP contribution in [0.3, 0.4) is 0 Å². The number of allylic oxidation sites excluding steroid dienone is 1. The van der Waals surface area contributed by atoms with E-state index in [9.17, 15) is 19.8 Å². The lowest BCUT2D eigenvalue weighted by molar-refractivity contribution is 0.0702. The Morgan fingerprint density at radius 1 is 1.06 bits per heavy atom. The van der Waals surface area contributed by atoms with Gasteiger partial charge in [0.25, 0.3) is 0 Å². The molecule has 0 bridgehead atoms. The van der Waals surface area contributed by atoms with Crippen molar-refractivity contribution in [3.63, 3.8) is 0 Å². The average molecular weight is 503 g/mol. The molecule has 5 N–H and O–H groups in total. The number of carboxylic acid groups (broad SMARTS) is 1. The minimum atomic E-state index is -1.24. The van der Waals surface area contributed by atoms with E-state index in [1.807, 2.05) is 18.2 Å². The Morgan fingerprint density at radius 3 is 2.64 bits per heavy atom. The number of carbonyl (C=O) groups excluding carboxylic acids is 1. The molecule has 0 spiro atoms. The fourth-order valence-electron chi connectivity index (χ4n) is 4.39. The SMILES string of the molecule is COc1ccc2[nH]cc(-c3c(C(=O)O)sc(C(=O)c4c[nH]c5c(CC=CCO)cccc45)c3O)c2c1. The molecule has 0 amide bonds. The molecule has 182 valence electrons. The summed E-state index contributed by atoms with van der Waals surface area (Å²) in [5.74, 6) is -1.51. The van der Waals surface area contributed by atoms with Gasteiger partial charge in [-0.2, -0.15) is 0 Å². The van der Waals surface area contributed by atoms with Crippen molar-refractivity contribution in [3.8, 4) is 22.6 Å². The monoisotopic (exact) mass is 502 g/mol. The molecule has 0 saturated carbocycles. The summed E-state index contributed by atoms with van der Waals surface area (Å²) in [7, 11) is 1.53. The van der Waals surface area contributed by atoms with Crippen LogP contribution in [0.5, 0.6) is 11.5 Å². The second kappa shape index (κ2) is 9.37. The molecule has 0 aliphatic heterocycles. The Kier molecular flexibility index (Phi) is 6.09. The molecule has 5 aromatic rings. The van der Waals surface area contributed by atoms with Gasteiger partial charge < -0.3 is 30.0 Å². The third-order valence-electron chi connectivity index (χ3n) is 6.10. The molecular formula is C27H22N2O6S. The molecule has 0 atom stereocenters.